The molecule has 0 fully saturated rings. The van der Waals surface area contributed by atoms with Crippen LogP contribution in [0.2, 0.25) is 0 Å². The fourth-order valence-electron chi connectivity index (χ4n) is 1.93. The summed E-state index contributed by atoms with van der Waals surface area (Å²) in [4.78, 5) is 2.18. The Balaban J connectivity index is 2.37. The van der Waals surface area contributed by atoms with Crippen LogP contribution < -0.4 is 4.90 Å². The van der Waals surface area contributed by atoms with Gasteiger partial charge in [-0.1, -0.05) is 40.2 Å². The number of aryl methyl sites for hydroxylation is 1. The second-order valence-corrected chi connectivity index (χ2v) is 5.38. The van der Waals surface area contributed by atoms with Gasteiger partial charge in [0.15, 0.2) is 0 Å². The molecule has 0 spiro atoms. The molecule has 0 bridgehead atoms. The highest BCUT2D eigenvalue weighted by molar-refractivity contribution is 9.10. The van der Waals surface area contributed by atoms with E-state index in [0.29, 0.717) is 5.88 Å². The van der Waals surface area contributed by atoms with E-state index in [1.807, 2.05) is 0 Å². The van der Waals surface area contributed by atoms with Crippen molar-refractivity contribution in [2.24, 2.45) is 0 Å². The number of alkyl halides is 1. The molecule has 0 unspecified atom stereocenters. The molecule has 0 aliphatic heterocycles. The third kappa shape index (κ3) is 2.70. The second-order valence-electron chi connectivity index (χ2n) is 4.25. The third-order valence-corrected chi connectivity index (χ3v) is 4.07. The van der Waals surface area contributed by atoms with Crippen molar-refractivity contribution in [1.29, 1.82) is 0 Å². The van der Waals surface area contributed by atoms with Gasteiger partial charge in [-0.15, -0.1) is 11.6 Å². The lowest BCUT2D eigenvalue weighted by molar-refractivity contribution is 1.18. The normalized spacial score (nSPS) is 10.4. The van der Waals surface area contributed by atoms with Crippen molar-refractivity contribution >= 4 is 38.9 Å². The number of nitrogens with zero attached hydrogens (tertiary/aromatic N) is 1. The van der Waals surface area contributed by atoms with Crippen LogP contribution in [0.15, 0.2) is 46.9 Å². The topological polar surface area (TPSA) is 3.24 Å². The smallest absolute Gasteiger partial charge is 0.0485 e. The van der Waals surface area contributed by atoms with Crippen molar-refractivity contribution in [3.05, 3.63) is 58.1 Å². The van der Waals surface area contributed by atoms with E-state index in [-0.39, 0.29) is 0 Å². The maximum absolute atomic E-state index is 5.86. The summed E-state index contributed by atoms with van der Waals surface area (Å²) in [5, 5.41) is 0. The summed E-state index contributed by atoms with van der Waals surface area (Å²) in [6.45, 7) is 2.12. The Bertz CT molecular complexity index is 554. The molecule has 0 aromatic heterocycles. The Labute approximate surface area is 122 Å². The molecular weight excluding hydrogens is 310 g/mol. The third-order valence-electron chi connectivity index (χ3n) is 3.04. The fraction of sp³-hybridized carbons (Fsp3) is 0.200. The molecule has 0 saturated carbocycles. The lowest BCUT2D eigenvalue weighted by Crippen LogP contribution is -2.10. The van der Waals surface area contributed by atoms with Crippen LogP contribution in [0.5, 0.6) is 0 Å². The number of hydrogen-bond acceptors (Lipinski definition) is 1. The average molecular weight is 325 g/mol. The summed E-state index contributed by atoms with van der Waals surface area (Å²) in [5.41, 5.74) is 4.73. The Morgan fingerprint density at radius 3 is 2.50 bits per heavy atom. The largest absolute Gasteiger partial charge is 0.344 e. The minimum Gasteiger partial charge on any atom is -0.344 e. The Morgan fingerprint density at radius 2 is 1.89 bits per heavy atom. The zero-order valence-corrected chi connectivity index (χ0v) is 12.8. The molecule has 0 amide bonds. The first-order chi connectivity index (χ1) is 8.63. The molecule has 2 aromatic rings. The molecule has 0 aliphatic rings. The van der Waals surface area contributed by atoms with Gasteiger partial charge in [0.25, 0.3) is 0 Å². The minimum atomic E-state index is 0.523. The maximum atomic E-state index is 5.86. The summed E-state index contributed by atoms with van der Waals surface area (Å²) in [6, 6.07) is 14.6. The monoisotopic (exact) mass is 323 g/mol. The van der Waals surface area contributed by atoms with E-state index in [9.17, 15) is 0 Å². The van der Waals surface area contributed by atoms with Crippen LogP contribution >= 0.6 is 27.5 Å². The number of halogens is 2. The number of para-hydroxylation sites is 1. The van der Waals surface area contributed by atoms with Gasteiger partial charge in [0.05, 0.1) is 0 Å². The molecule has 2 aromatic carbocycles. The maximum Gasteiger partial charge on any atom is 0.0485 e. The van der Waals surface area contributed by atoms with E-state index in [2.05, 4.69) is 77.3 Å². The molecule has 94 valence electrons. The molecule has 3 heteroatoms. The Kier molecular flexibility index (Phi) is 4.31. The predicted molar refractivity (Wildman–Crippen MR) is 82.9 cm³/mol. The Morgan fingerprint density at radius 1 is 1.17 bits per heavy atom. The van der Waals surface area contributed by atoms with Crippen LogP contribution in [-0.2, 0) is 5.88 Å². The lowest BCUT2D eigenvalue weighted by Gasteiger charge is -2.22. The first-order valence-corrected chi connectivity index (χ1v) is 7.10. The van der Waals surface area contributed by atoms with E-state index in [4.69, 9.17) is 11.6 Å². The Hall–Kier alpha value is -0.990. The quantitative estimate of drug-likeness (QED) is 0.696. The summed E-state index contributed by atoms with van der Waals surface area (Å²) >= 11 is 9.42. The lowest BCUT2D eigenvalue weighted by atomic mass is 10.1. The van der Waals surface area contributed by atoms with Crippen LogP contribution in [0.1, 0.15) is 11.1 Å². The molecule has 0 radical (unpaired) electrons. The van der Waals surface area contributed by atoms with Crippen LogP contribution in [0.25, 0.3) is 0 Å². The number of hydrogen-bond donors (Lipinski definition) is 0. The molecule has 1 nitrogen and oxygen atoms in total. The highest BCUT2D eigenvalue weighted by Gasteiger charge is 2.08. The van der Waals surface area contributed by atoms with E-state index in [0.717, 1.165) is 15.7 Å². The van der Waals surface area contributed by atoms with Crippen LogP contribution in [0.4, 0.5) is 11.4 Å². The second kappa shape index (κ2) is 5.77. The van der Waals surface area contributed by atoms with Crippen molar-refractivity contribution in [3.63, 3.8) is 0 Å². The van der Waals surface area contributed by atoms with Gasteiger partial charge in [0.2, 0.25) is 0 Å². The molecule has 0 heterocycles. The highest BCUT2D eigenvalue weighted by atomic mass is 79.9. The van der Waals surface area contributed by atoms with Gasteiger partial charge in [0, 0.05) is 28.8 Å². The summed E-state index contributed by atoms with van der Waals surface area (Å²) in [6.07, 6.45) is 0. The molecule has 2 rings (SSSR count). The van der Waals surface area contributed by atoms with E-state index >= 15 is 0 Å². The van der Waals surface area contributed by atoms with Gasteiger partial charge in [-0.3, -0.25) is 0 Å². The van der Waals surface area contributed by atoms with Crippen LogP contribution in [0.3, 0.4) is 0 Å². The van der Waals surface area contributed by atoms with Crippen LogP contribution in [0, 0.1) is 6.92 Å². The summed E-state index contributed by atoms with van der Waals surface area (Å²) in [7, 11) is 2.07. The van der Waals surface area contributed by atoms with Gasteiger partial charge in [-0.05, 0) is 36.2 Å². The fourth-order valence-corrected chi connectivity index (χ4v) is 2.83. The number of anilines is 2. The first kappa shape index (κ1) is 13.4. The average Bonchev–Trinajstić information content (AvgIpc) is 2.38. The molecule has 0 atom stereocenters. The summed E-state index contributed by atoms with van der Waals surface area (Å²) < 4.78 is 1.05. The van der Waals surface area contributed by atoms with Crippen molar-refractivity contribution < 1.29 is 0 Å². The van der Waals surface area contributed by atoms with E-state index in [1.54, 1.807) is 0 Å². The van der Waals surface area contributed by atoms with Gasteiger partial charge in [0.1, 0.15) is 0 Å². The predicted octanol–water partition coefficient (Wildman–Crippen LogP) is 5.26. The zero-order valence-electron chi connectivity index (χ0n) is 10.5. The van der Waals surface area contributed by atoms with E-state index < -0.39 is 0 Å². The zero-order chi connectivity index (χ0) is 13.1. The van der Waals surface area contributed by atoms with Crippen LogP contribution in [-0.4, -0.2) is 7.05 Å². The molecule has 18 heavy (non-hydrogen) atoms. The van der Waals surface area contributed by atoms with Crippen molar-refractivity contribution in [2.75, 3.05) is 11.9 Å². The molecule has 0 saturated heterocycles. The van der Waals surface area contributed by atoms with Crippen molar-refractivity contribution in [1.82, 2.24) is 0 Å². The minimum absolute atomic E-state index is 0.523. The highest BCUT2D eigenvalue weighted by Crippen LogP contribution is 2.30. The molecule has 0 N–H and O–H groups in total. The number of benzene rings is 2. The van der Waals surface area contributed by atoms with Gasteiger partial charge in [-0.25, -0.2) is 0 Å². The van der Waals surface area contributed by atoms with Gasteiger partial charge in [-0.2, -0.15) is 0 Å². The first-order valence-electron chi connectivity index (χ1n) is 5.77. The molecular formula is C15H15BrClN. The van der Waals surface area contributed by atoms with E-state index in [1.165, 1.54) is 11.3 Å². The number of rotatable bonds is 3. The SMILES string of the molecule is Cc1ccccc1N(C)c1ccc(CCl)c(Br)c1. The van der Waals surface area contributed by atoms with Gasteiger partial charge < -0.3 is 4.90 Å². The van der Waals surface area contributed by atoms with Gasteiger partial charge >= 0.3 is 0 Å². The molecule has 0 aliphatic carbocycles. The van der Waals surface area contributed by atoms with Crippen molar-refractivity contribution in [3.8, 4) is 0 Å². The standard InChI is InChI=1S/C15H15BrClN/c1-11-5-3-4-6-15(11)18(2)13-8-7-12(10-17)14(16)9-13/h3-9H,10H2,1-2H3. The van der Waals surface area contributed by atoms with Crippen molar-refractivity contribution in [2.45, 2.75) is 12.8 Å². The summed E-state index contributed by atoms with van der Waals surface area (Å²) in [5.74, 6) is 0.523.